The van der Waals surface area contributed by atoms with Crippen LogP contribution in [0.25, 0.3) is 10.1 Å². The van der Waals surface area contributed by atoms with Crippen LogP contribution in [0.15, 0.2) is 23.5 Å². The van der Waals surface area contributed by atoms with Crippen LogP contribution in [0.5, 0.6) is 0 Å². The summed E-state index contributed by atoms with van der Waals surface area (Å²) in [6.45, 7) is 5.69. The Kier molecular flexibility index (Phi) is 5.16. The Bertz CT molecular complexity index is 808. The van der Waals surface area contributed by atoms with E-state index in [9.17, 15) is 13.5 Å². The van der Waals surface area contributed by atoms with Gasteiger partial charge in [0.05, 0.1) is 22.4 Å². The molecule has 9 heteroatoms. The largest absolute Gasteiger partial charge is 0.390 e. The van der Waals surface area contributed by atoms with E-state index >= 15 is 0 Å². The molecule has 2 unspecified atom stereocenters. The number of hydrogen-bond acceptors (Lipinski definition) is 7. The van der Waals surface area contributed by atoms with Crippen molar-refractivity contribution in [1.82, 2.24) is 19.0 Å². The molecule has 132 valence electrons. The van der Waals surface area contributed by atoms with E-state index in [1.54, 1.807) is 6.07 Å². The summed E-state index contributed by atoms with van der Waals surface area (Å²) in [6.07, 6.45) is 3.31. The van der Waals surface area contributed by atoms with Crippen LogP contribution in [0.1, 0.15) is 20.3 Å². The van der Waals surface area contributed by atoms with Crippen LogP contribution in [0.3, 0.4) is 0 Å². The first kappa shape index (κ1) is 17.7. The van der Waals surface area contributed by atoms with Crippen LogP contribution in [0.2, 0.25) is 0 Å². The van der Waals surface area contributed by atoms with E-state index in [4.69, 9.17) is 0 Å². The van der Waals surface area contributed by atoms with Gasteiger partial charge in [-0.05, 0) is 36.9 Å². The molecule has 3 atom stereocenters. The minimum absolute atomic E-state index is 0.0322. The van der Waals surface area contributed by atoms with Gasteiger partial charge in [0.15, 0.2) is 5.03 Å². The molecule has 1 fully saturated rings. The normalized spacial score (nSPS) is 23.8. The van der Waals surface area contributed by atoms with E-state index in [1.807, 2.05) is 0 Å². The van der Waals surface area contributed by atoms with Crippen molar-refractivity contribution in [2.45, 2.75) is 37.4 Å². The van der Waals surface area contributed by atoms with Gasteiger partial charge in [0, 0.05) is 31.9 Å². The molecular weight excluding hydrogens is 348 g/mol. The van der Waals surface area contributed by atoms with Crippen LogP contribution in [0, 0.1) is 5.92 Å². The Morgan fingerprint density at radius 2 is 2.29 bits per heavy atom. The van der Waals surface area contributed by atoms with Crippen LogP contribution in [-0.4, -0.2) is 59.6 Å². The molecule has 0 aliphatic carbocycles. The van der Waals surface area contributed by atoms with E-state index in [1.165, 1.54) is 23.9 Å². The molecule has 2 aromatic heterocycles. The van der Waals surface area contributed by atoms with Crippen molar-refractivity contribution >= 4 is 31.6 Å². The molecule has 0 spiro atoms. The third kappa shape index (κ3) is 3.75. The maximum atomic E-state index is 12.5. The summed E-state index contributed by atoms with van der Waals surface area (Å²) in [6, 6.07) is 2.15. The molecule has 0 bridgehead atoms. The second-order valence-corrected chi connectivity index (χ2v) is 9.02. The first-order valence-corrected chi connectivity index (χ1v) is 10.2. The van der Waals surface area contributed by atoms with Gasteiger partial charge in [-0.25, -0.2) is 18.1 Å². The zero-order valence-electron chi connectivity index (χ0n) is 13.7. The van der Waals surface area contributed by atoms with E-state index in [0.29, 0.717) is 23.9 Å². The molecule has 24 heavy (non-hydrogen) atoms. The number of rotatable bonds is 6. The average molecular weight is 371 g/mol. The van der Waals surface area contributed by atoms with Gasteiger partial charge in [-0.15, -0.1) is 0 Å². The maximum Gasteiger partial charge on any atom is 0.258 e. The molecule has 0 radical (unpaired) electrons. The van der Waals surface area contributed by atoms with E-state index in [0.717, 1.165) is 17.7 Å². The van der Waals surface area contributed by atoms with Crippen molar-refractivity contribution in [2.75, 3.05) is 19.6 Å². The molecule has 0 saturated carbocycles. The standard InChI is InChI=1S/C15H22N4O3S2/c1-10-5-11(2)19(8-10)9-12(20)6-18-24(21,22)15-13-7-17-23-14(13)3-4-16-15/h3-4,7,10-12,18,20H,5-6,8-9H2,1-2H3/t10?,11?,12-/m0/s1. The lowest BCUT2D eigenvalue weighted by atomic mass is 10.1. The molecular formula is C15H22N4O3S2. The predicted molar refractivity (Wildman–Crippen MR) is 93.4 cm³/mol. The summed E-state index contributed by atoms with van der Waals surface area (Å²) < 4.78 is 32.2. The second-order valence-electron chi connectivity index (χ2n) is 6.50. The topological polar surface area (TPSA) is 95.4 Å². The number of likely N-dealkylation sites (tertiary alicyclic amines) is 1. The highest BCUT2D eigenvalue weighted by atomic mass is 32.2. The smallest absolute Gasteiger partial charge is 0.258 e. The van der Waals surface area contributed by atoms with Crippen molar-refractivity contribution in [1.29, 1.82) is 0 Å². The van der Waals surface area contributed by atoms with Gasteiger partial charge < -0.3 is 5.11 Å². The summed E-state index contributed by atoms with van der Waals surface area (Å²) in [5, 5.41) is 10.7. The predicted octanol–water partition coefficient (Wildman–Crippen LogP) is 1.06. The first-order chi connectivity index (χ1) is 11.4. The number of pyridine rings is 1. The van der Waals surface area contributed by atoms with Gasteiger partial charge in [0.2, 0.25) is 0 Å². The Labute approximate surface area is 145 Å². The number of nitrogens with zero attached hydrogens (tertiary/aromatic N) is 3. The van der Waals surface area contributed by atoms with Crippen molar-refractivity contribution in [3.8, 4) is 0 Å². The van der Waals surface area contributed by atoms with E-state index in [2.05, 4.69) is 32.8 Å². The minimum atomic E-state index is -3.78. The highest BCUT2D eigenvalue weighted by molar-refractivity contribution is 7.89. The van der Waals surface area contributed by atoms with Crippen molar-refractivity contribution in [2.24, 2.45) is 5.92 Å². The van der Waals surface area contributed by atoms with Crippen molar-refractivity contribution < 1.29 is 13.5 Å². The lowest BCUT2D eigenvalue weighted by Gasteiger charge is -2.24. The van der Waals surface area contributed by atoms with Gasteiger partial charge in [0.25, 0.3) is 10.0 Å². The number of fused-ring (bicyclic) bond motifs is 1. The Morgan fingerprint density at radius 1 is 1.50 bits per heavy atom. The summed E-state index contributed by atoms with van der Waals surface area (Å²) in [4.78, 5) is 6.18. The number of aromatic nitrogens is 2. The number of aliphatic hydroxyl groups is 1. The molecule has 2 N–H and O–H groups in total. The SMILES string of the molecule is CC1CC(C)N(C[C@@H](O)CNS(=O)(=O)c2nccc3sncc23)C1. The van der Waals surface area contributed by atoms with E-state index < -0.39 is 16.1 Å². The second kappa shape index (κ2) is 7.01. The highest BCUT2D eigenvalue weighted by Crippen LogP contribution is 2.24. The van der Waals surface area contributed by atoms with Gasteiger partial charge in [0.1, 0.15) is 0 Å². The monoisotopic (exact) mass is 370 g/mol. The Morgan fingerprint density at radius 3 is 3.00 bits per heavy atom. The lowest BCUT2D eigenvalue weighted by Crippen LogP contribution is -2.41. The van der Waals surface area contributed by atoms with Crippen molar-refractivity contribution in [3.05, 3.63) is 18.5 Å². The maximum absolute atomic E-state index is 12.5. The summed E-state index contributed by atoms with van der Waals surface area (Å²) in [7, 11) is -3.78. The Hall–Kier alpha value is -1.13. The highest BCUT2D eigenvalue weighted by Gasteiger charge is 2.28. The molecule has 0 aromatic carbocycles. The number of aliphatic hydroxyl groups excluding tert-OH is 1. The molecule has 7 nitrogen and oxygen atoms in total. The van der Waals surface area contributed by atoms with Crippen LogP contribution >= 0.6 is 11.5 Å². The van der Waals surface area contributed by atoms with E-state index in [-0.39, 0.29) is 11.6 Å². The number of nitrogens with one attached hydrogen (secondary N) is 1. The summed E-state index contributed by atoms with van der Waals surface area (Å²) >= 11 is 1.23. The fourth-order valence-corrected chi connectivity index (χ4v) is 5.14. The molecule has 1 aliphatic heterocycles. The Balaban J connectivity index is 1.64. The molecule has 1 saturated heterocycles. The number of β-amino-alcohol motifs (C(OH)–C–C–N with tert-alkyl or cyclic N) is 1. The molecule has 1 aliphatic rings. The summed E-state index contributed by atoms with van der Waals surface area (Å²) in [5.74, 6) is 0.608. The van der Waals surface area contributed by atoms with Crippen LogP contribution in [0.4, 0.5) is 0 Å². The lowest BCUT2D eigenvalue weighted by molar-refractivity contribution is 0.111. The van der Waals surface area contributed by atoms with Crippen LogP contribution in [-0.2, 0) is 10.0 Å². The van der Waals surface area contributed by atoms with Gasteiger partial charge in [-0.2, -0.15) is 4.37 Å². The quantitative estimate of drug-likeness (QED) is 0.789. The van der Waals surface area contributed by atoms with Gasteiger partial charge in [-0.1, -0.05) is 6.92 Å². The third-order valence-electron chi connectivity index (χ3n) is 4.37. The number of sulfonamides is 1. The van der Waals surface area contributed by atoms with Gasteiger partial charge >= 0.3 is 0 Å². The zero-order valence-corrected chi connectivity index (χ0v) is 15.3. The average Bonchev–Trinajstić information content (AvgIpc) is 3.11. The molecule has 3 heterocycles. The summed E-state index contributed by atoms with van der Waals surface area (Å²) in [5.41, 5.74) is 0. The third-order valence-corrected chi connectivity index (χ3v) is 6.51. The number of hydrogen-bond donors (Lipinski definition) is 2. The molecule has 3 rings (SSSR count). The fourth-order valence-electron chi connectivity index (χ4n) is 3.24. The molecule has 2 aromatic rings. The van der Waals surface area contributed by atoms with Crippen molar-refractivity contribution in [3.63, 3.8) is 0 Å². The fraction of sp³-hybridized carbons (Fsp3) is 0.600. The zero-order chi connectivity index (χ0) is 17.3. The van der Waals surface area contributed by atoms with Gasteiger partial charge in [-0.3, -0.25) is 4.90 Å². The van der Waals surface area contributed by atoms with Crippen LogP contribution < -0.4 is 4.72 Å². The first-order valence-electron chi connectivity index (χ1n) is 7.98. The minimum Gasteiger partial charge on any atom is -0.390 e. The molecule has 0 amide bonds.